The SMILES string of the molecule is CC=CC(C)(C)C(O)Cc1ccc(C(C)(C)c2ccc(O)cc2)cc1. The number of rotatable bonds is 6. The lowest BCUT2D eigenvalue weighted by Crippen LogP contribution is -2.29. The van der Waals surface area contributed by atoms with Gasteiger partial charge in [0.2, 0.25) is 0 Å². The van der Waals surface area contributed by atoms with Crippen molar-refractivity contribution in [2.75, 3.05) is 0 Å². The molecular formula is C23H30O2. The van der Waals surface area contributed by atoms with Gasteiger partial charge in [0.05, 0.1) is 6.10 Å². The van der Waals surface area contributed by atoms with Crippen LogP contribution >= 0.6 is 0 Å². The maximum absolute atomic E-state index is 10.5. The van der Waals surface area contributed by atoms with Crippen LogP contribution in [0.3, 0.4) is 0 Å². The van der Waals surface area contributed by atoms with E-state index in [-0.39, 0.29) is 16.6 Å². The first-order valence-corrected chi connectivity index (χ1v) is 8.87. The van der Waals surface area contributed by atoms with Gasteiger partial charge in [-0.25, -0.2) is 0 Å². The van der Waals surface area contributed by atoms with E-state index in [2.05, 4.69) is 58.0 Å². The van der Waals surface area contributed by atoms with E-state index in [0.29, 0.717) is 6.42 Å². The van der Waals surface area contributed by atoms with E-state index >= 15 is 0 Å². The average Bonchev–Trinajstić information content (AvgIpc) is 2.55. The van der Waals surface area contributed by atoms with Crippen molar-refractivity contribution in [1.82, 2.24) is 0 Å². The zero-order chi connectivity index (χ0) is 18.7. The molecule has 2 heteroatoms. The summed E-state index contributed by atoms with van der Waals surface area (Å²) in [6.45, 7) is 10.4. The predicted octanol–water partition coefficient (Wildman–Crippen LogP) is 5.22. The lowest BCUT2D eigenvalue weighted by atomic mass is 9.77. The highest BCUT2D eigenvalue weighted by Crippen LogP contribution is 2.33. The number of hydrogen-bond acceptors (Lipinski definition) is 2. The zero-order valence-corrected chi connectivity index (χ0v) is 16.0. The number of phenolic OH excluding ortho intramolecular Hbond substituents is 1. The minimum absolute atomic E-state index is 0.144. The third-order valence-corrected chi connectivity index (χ3v) is 5.15. The number of phenols is 1. The largest absolute Gasteiger partial charge is 0.508 e. The molecule has 2 aromatic rings. The summed E-state index contributed by atoms with van der Waals surface area (Å²) in [5.74, 6) is 0.285. The molecule has 0 aliphatic heterocycles. The first-order chi connectivity index (χ1) is 11.7. The number of benzene rings is 2. The summed E-state index contributed by atoms with van der Waals surface area (Å²) in [5.41, 5.74) is 3.13. The minimum Gasteiger partial charge on any atom is -0.508 e. The van der Waals surface area contributed by atoms with Crippen LogP contribution in [0.4, 0.5) is 0 Å². The van der Waals surface area contributed by atoms with E-state index in [1.807, 2.05) is 25.1 Å². The van der Waals surface area contributed by atoms with E-state index in [4.69, 9.17) is 0 Å². The molecule has 134 valence electrons. The highest BCUT2D eigenvalue weighted by molar-refractivity contribution is 5.40. The molecule has 1 atom stereocenters. The molecule has 0 spiro atoms. The normalized spacial score (nSPS) is 14.0. The quantitative estimate of drug-likeness (QED) is 0.709. The number of aliphatic hydroxyl groups excluding tert-OH is 1. The summed E-state index contributed by atoms with van der Waals surface area (Å²) in [5, 5.41) is 20.0. The number of aromatic hydroxyl groups is 1. The van der Waals surface area contributed by atoms with Gasteiger partial charge in [-0.1, -0.05) is 76.2 Å². The lowest BCUT2D eigenvalue weighted by Gasteiger charge is -2.28. The van der Waals surface area contributed by atoms with Gasteiger partial charge in [-0.2, -0.15) is 0 Å². The molecule has 2 rings (SSSR count). The van der Waals surface area contributed by atoms with Crippen LogP contribution in [-0.4, -0.2) is 16.3 Å². The number of hydrogen-bond donors (Lipinski definition) is 2. The number of allylic oxidation sites excluding steroid dienone is 1. The van der Waals surface area contributed by atoms with Gasteiger partial charge < -0.3 is 10.2 Å². The average molecular weight is 338 g/mol. The first-order valence-electron chi connectivity index (χ1n) is 8.87. The van der Waals surface area contributed by atoms with Crippen molar-refractivity contribution in [3.8, 4) is 5.75 Å². The Hall–Kier alpha value is -2.06. The molecule has 0 bridgehead atoms. The fourth-order valence-corrected chi connectivity index (χ4v) is 3.13. The van der Waals surface area contributed by atoms with Crippen LogP contribution in [0.2, 0.25) is 0 Å². The highest BCUT2D eigenvalue weighted by Gasteiger charge is 2.26. The molecule has 25 heavy (non-hydrogen) atoms. The maximum atomic E-state index is 10.5. The molecule has 0 radical (unpaired) electrons. The Morgan fingerprint density at radius 1 is 0.880 bits per heavy atom. The van der Waals surface area contributed by atoms with E-state index in [0.717, 1.165) is 11.1 Å². The second kappa shape index (κ2) is 7.45. The Morgan fingerprint density at radius 3 is 1.84 bits per heavy atom. The molecule has 0 aliphatic carbocycles. The van der Waals surface area contributed by atoms with Gasteiger partial charge in [0, 0.05) is 10.8 Å². The third-order valence-electron chi connectivity index (χ3n) is 5.15. The Bertz CT molecular complexity index is 707. The van der Waals surface area contributed by atoms with E-state index < -0.39 is 6.10 Å². The second-order valence-corrected chi connectivity index (χ2v) is 7.91. The molecule has 1 unspecified atom stereocenters. The Kier molecular flexibility index (Phi) is 5.74. The molecule has 0 amide bonds. The molecule has 0 saturated heterocycles. The summed E-state index contributed by atoms with van der Waals surface area (Å²) in [4.78, 5) is 0. The van der Waals surface area contributed by atoms with Crippen molar-refractivity contribution in [2.24, 2.45) is 5.41 Å². The Labute approximate surface area is 151 Å². The van der Waals surface area contributed by atoms with Crippen LogP contribution in [0.1, 0.15) is 51.3 Å². The van der Waals surface area contributed by atoms with Crippen LogP contribution in [-0.2, 0) is 11.8 Å². The van der Waals surface area contributed by atoms with Crippen molar-refractivity contribution in [2.45, 2.75) is 52.6 Å². The summed E-state index contributed by atoms with van der Waals surface area (Å²) >= 11 is 0. The minimum atomic E-state index is -0.417. The van der Waals surface area contributed by atoms with Gasteiger partial charge >= 0.3 is 0 Å². The Balaban J connectivity index is 2.17. The molecule has 2 nitrogen and oxygen atoms in total. The van der Waals surface area contributed by atoms with Crippen molar-refractivity contribution < 1.29 is 10.2 Å². The van der Waals surface area contributed by atoms with Crippen molar-refractivity contribution in [3.05, 3.63) is 77.4 Å². The molecule has 2 N–H and O–H groups in total. The van der Waals surface area contributed by atoms with Crippen LogP contribution in [0, 0.1) is 5.41 Å². The zero-order valence-electron chi connectivity index (χ0n) is 16.0. The van der Waals surface area contributed by atoms with Gasteiger partial charge in [-0.15, -0.1) is 0 Å². The van der Waals surface area contributed by atoms with Crippen molar-refractivity contribution >= 4 is 0 Å². The van der Waals surface area contributed by atoms with Gasteiger partial charge in [0.25, 0.3) is 0 Å². The highest BCUT2D eigenvalue weighted by atomic mass is 16.3. The van der Waals surface area contributed by atoms with Crippen LogP contribution in [0.15, 0.2) is 60.7 Å². The standard InChI is InChI=1S/C23H30O2/c1-6-15-22(2,3)21(25)16-17-7-9-18(10-8-17)23(4,5)19-11-13-20(24)14-12-19/h6-15,21,24-25H,16H2,1-5H3. The van der Waals surface area contributed by atoms with Crippen LogP contribution in [0.5, 0.6) is 5.75 Å². The molecule has 0 saturated carbocycles. The second-order valence-electron chi connectivity index (χ2n) is 7.91. The molecule has 0 fully saturated rings. The predicted molar refractivity (Wildman–Crippen MR) is 105 cm³/mol. The van der Waals surface area contributed by atoms with Gasteiger partial charge in [-0.3, -0.25) is 0 Å². The fourth-order valence-electron chi connectivity index (χ4n) is 3.13. The van der Waals surface area contributed by atoms with Gasteiger partial charge in [0.15, 0.2) is 0 Å². The molecule has 0 aromatic heterocycles. The van der Waals surface area contributed by atoms with Crippen molar-refractivity contribution in [3.63, 3.8) is 0 Å². The fraction of sp³-hybridized carbons (Fsp3) is 0.391. The van der Waals surface area contributed by atoms with E-state index in [9.17, 15) is 10.2 Å². The summed E-state index contributed by atoms with van der Waals surface area (Å²) in [6, 6.07) is 15.9. The van der Waals surface area contributed by atoms with Crippen LogP contribution in [0.25, 0.3) is 0 Å². The van der Waals surface area contributed by atoms with E-state index in [1.54, 1.807) is 12.1 Å². The maximum Gasteiger partial charge on any atom is 0.115 e. The van der Waals surface area contributed by atoms with Crippen molar-refractivity contribution in [1.29, 1.82) is 0 Å². The third kappa shape index (κ3) is 4.52. The summed E-state index contributed by atoms with van der Waals surface area (Å²) in [7, 11) is 0. The van der Waals surface area contributed by atoms with Gasteiger partial charge in [-0.05, 0) is 42.2 Å². The molecule has 0 aliphatic rings. The van der Waals surface area contributed by atoms with E-state index in [1.165, 1.54) is 5.56 Å². The van der Waals surface area contributed by atoms with Crippen LogP contribution < -0.4 is 0 Å². The monoisotopic (exact) mass is 338 g/mol. The summed E-state index contributed by atoms with van der Waals surface area (Å²) in [6.07, 6.45) is 4.27. The topological polar surface area (TPSA) is 40.5 Å². The molecular weight excluding hydrogens is 308 g/mol. The first kappa shape index (κ1) is 19.3. The summed E-state index contributed by atoms with van der Waals surface area (Å²) < 4.78 is 0. The lowest BCUT2D eigenvalue weighted by molar-refractivity contribution is 0.0822. The molecule has 0 heterocycles. The Morgan fingerprint density at radius 2 is 1.36 bits per heavy atom. The number of aliphatic hydroxyl groups is 1. The smallest absolute Gasteiger partial charge is 0.115 e. The molecule has 2 aromatic carbocycles. The van der Waals surface area contributed by atoms with Gasteiger partial charge in [0.1, 0.15) is 5.75 Å².